The molecule has 2 aromatic rings. The Morgan fingerprint density at radius 2 is 1.82 bits per heavy atom. The molecule has 7 heteroatoms. The van der Waals surface area contributed by atoms with Crippen LogP contribution in [0.3, 0.4) is 0 Å². The maximum Gasteiger partial charge on any atom is 0.321 e. The van der Waals surface area contributed by atoms with E-state index < -0.39 is 5.60 Å². The lowest BCUT2D eigenvalue weighted by molar-refractivity contribution is 0.0839. The Hall–Kier alpha value is -3.19. The van der Waals surface area contributed by atoms with Crippen LogP contribution in [0.15, 0.2) is 42.6 Å². The molecule has 0 radical (unpaired) electrons. The van der Waals surface area contributed by atoms with E-state index in [1.54, 1.807) is 26.2 Å². The molecule has 2 aliphatic rings. The molecule has 1 fully saturated rings. The van der Waals surface area contributed by atoms with Crippen molar-refractivity contribution in [2.75, 3.05) is 39.3 Å². The van der Waals surface area contributed by atoms with E-state index in [2.05, 4.69) is 34.5 Å². The standard InChI is InChI=1S/C26H33N3O4/c1-17-12-19-13-23(32-4)24(33-5)14-21(19)22(15-29(17)25(30)27-3)18-6-8-20(9-7-18)28-11-10-26(2,31)16-28/h6-9,13-15,17,31H,10-12,16H2,1-5H3,(H,27,30)/t17-,26-/m1/s1. The summed E-state index contributed by atoms with van der Waals surface area (Å²) in [6, 6.07) is 12.1. The first kappa shape index (κ1) is 23.0. The average molecular weight is 452 g/mol. The number of benzene rings is 2. The van der Waals surface area contributed by atoms with Gasteiger partial charge in [-0.25, -0.2) is 4.79 Å². The molecule has 7 nitrogen and oxygen atoms in total. The average Bonchev–Trinajstić information content (AvgIpc) is 3.11. The van der Waals surface area contributed by atoms with Gasteiger partial charge in [0.2, 0.25) is 0 Å². The normalized spacial score (nSPS) is 22.4. The van der Waals surface area contributed by atoms with Crippen molar-refractivity contribution in [3.05, 3.63) is 59.3 Å². The van der Waals surface area contributed by atoms with E-state index in [1.807, 2.05) is 32.2 Å². The monoisotopic (exact) mass is 451 g/mol. The number of carbonyl (C=O) groups excluding carboxylic acids is 1. The fourth-order valence-corrected chi connectivity index (χ4v) is 4.73. The van der Waals surface area contributed by atoms with Gasteiger partial charge in [-0.3, -0.25) is 4.90 Å². The molecular weight excluding hydrogens is 418 g/mol. The zero-order chi connectivity index (χ0) is 23.8. The molecule has 2 aromatic carbocycles. The summed E-state index contributed by atoms with van der Waals surface area (Å²) in [6.07, 6.45) is 3.37. The fraction of sp³-hybridized carbons (Fsp3) is 0.423. The number of urea groups is 1. The van der Waals surface area contributed by atoms with Gasteiger partial charge in [0, 0.05) is 43.6 Å². The topological polar surface area (TPSA) is 74.3 Å². The molecule has 2 heterocycles. The molecule has 2 N–H and O–H groups in total. The van der Waals surface area contributed by atoms with Gasteiger partial charge in [0.25, 0.3) is 0 Å². The largest absolute Gasteiger partial charge is 0.493 e. The van der Waals surface area contributed by atoms with Crippen LogP contribution in [0, 0.1) is 0 Å². The van der Waals surface area contributed by atoms with Crippen molar-refractivity contribution in [2.45, 2.75) is 38.3 Å². The highest BCUT2D eigenvalue weighted by atomic mass is 16.5. The number of rotatable bonds is 4. The van der Waals surface area contributed by atoms with Crippen LogP contribution < -0.4 is 19.7 Å². The molecule has 0 saturated carbocycles. The highest BCUT2D eigenvalue weighted by molar-refractivity contribution is 5.87. The van der Waals surface area contributed by atoms with Crippen LogP contribution >= 0.6 is 0 Å². The van der Waals surface area contributed by atoms with E-state index in [9.17, 15) is 9.90 Å². The fourth-order valence-electron chi connectivity index (χ4n) is 4.73. The molecule has 2 atom stereocenters. The number of carbonyl (C=O) groups is 1. The van der Waals surface area contributed by atoms with Crippen LogP contribution in [0.4, 0.5) is 10.5 Å². The van der Waals surface area contributed by atoms with Gasteiger partial charge in [-0.15, -0.1) is 0 Å². The van der Waals surface area contributed by atoms with Crippen molar-refractivity contribution >= 4 is 17.3 Å². The van der Waals surface area contributed by atoms with E-state index in [4.69, 9.17) is 9.47 Å². The maximum atomic E-state index is 12.7. The molecule has 0 spiro atoms. The Morgan fingerprint density at radius 1 is 1.15 bits per heavy atom. The van der Waals surface area contributed by atoms with E-state index in [0.717, 1.165) is 40.9 Å². The van der Waals surface area contributed by atoms with Gasteiger partial charge >= 0.3 is 6.03 Å². The van der Waals surface area contributed by atoms with Gasteiger partial charge < -0.3 is 24.8 Å². The summed E-state index contributed by atoms with van der Waals surface area (Å²) >= 11 is 0. The third-order valence-corrected chi connectivity index (χ3v) is 6.60. The lowest BCUT2D eigenvalue weighted by Gasteiger charge is -2.24. The number of nitrogens with one attached hydrogen (secondary N) is 1. The number of ether oxygens (including phenoxy) is 2. The van der Waals surface area contributed by atoms with Gasteiger partial charge in [0.1, 0.15) is 0 Å². The summed E-state index contributed by atoms with van der Waals surface area (Å²) in [7, 11) is 4.91. The number of aliphatic hydroxyl groups is 1. The van der Waals surface area contributed by atoms with Gasteiger partial charge in [-0.05, 0) is 67.6 Å². The molecule has 0 unspecified atom stereocenters. The number of anilines is 1. The highest BCUT2D eigenvalue weighted by Crippen LogP contribution is 2.39. The van der Waals surface area contributed by atoms with Crippen LogP contribution in [-0.4, -0.2) is 62.0 Å². The van der Waals surface area contributed by atoms with E-state index >= 15 is 0 Å². The zero-order valence-electron chi connectivity index (χ0n) is 20.0. The predicted molar refractivity (Wildman–Crippen MR) is 130 cm³/mol. The predicted octanol–water partition coefficient (Wildman–Crippen LogP) is 3.64. The minimum Gasteiger partial charge on any atom is -0.493 e. The first-order valence-electron chi connectivity index (χ1n) is 11.3. The molecule has 0 bridgehead atoms. The van der Waals surface area contributed by atoms with Crippen molar-refractivity contribution in [2.24, 2.45) is 0 Å². The second kappa shape index (κ2) is 8.98. The van der Waals surface area contributed by atoms with Crippen LogP contribution in [0.5, 0.6) is 11.5 Å². The van der Waals surface area contributed by atoms with Crippen LogP contribution in [0.2, 0.25) is 0 Å². The first-order chi connectivity index (χ1) is 15.8. The van der Waals surface area contributed by atoms with Crippen molar-refractivity contribution in [3.8, 4) is 11.5 Å². The Kier molecular flexibility index (Phi) is 6.26. The molecule has 1 saturated heterocycles. The maximum absolute atomic E-state index is 12.7. The Bertz CT molecular complexity index is 1060. The van der Waals surface area contributed by atoms with E-state index in [1.165, 1.54) is 0 Å². The summed E-state index contributed by atoms with van der Waals surface area (Å²) in [5.41, 5.74) is 4.48. The minimum atomic E-state index is -0.652. The minimum absolute atomic E-state index is 0.0367. The summed E-state index contributed by atoms with van der Waals surface area (Å²) < 4.78 is 11.1. The van der Waals surface area contributed by atoms with Crippen molar-refractivity contribution < 1.29 is 19.4 Å². The van der Waals surface area contributed by atoms with Crippen molar-refractivity contribution in [1.82, 2.24) is 10.2 Å². The second-order valence-corrected chi connectivity index (χ2v) is 9.14. The molecule has 2 aliphatic heterocycles. The Balaban J connectivity index is 1.79. The number of hydrogen-bond donors (Lipinski definition) is 2. The number of fused-ring (bicyclic) bond motifs is 1. The Labute approximate surface area is 195 Å². The highest BCUT2D eigenvalue weighted by Gasteiger charge is 2.31. The summed E-state index contributed by atoms with van der Waals surface area (Å²) in [6.45, 7) is 5.37. The van der Waals surface area contributed by atoms with Crippen molar-refractivity contribution in [3.63, 3.8) is 0 Å². The number of nitrogens with zero attached hydrogens (tertiary/aromatic N) is 2. The number of hydrogen-bond acceptors (Lipinski definition) is 5. The molecule has 0 aromatic heterocycles. The molecule has 176 valence electrons. The van der Waals surface area contributed by atoms with Crippen LogP contribution in [-0.2, 0) is 6.42 Å². The molecular formula is C26H33N3O4. The van der Waals surface area contributed by atoms with Crippen LogP contribution in [0.1, 0.15) is 37.0 Å². The summed E-state index contributed by atoms with van der Waals surface area (Å²) in [4.78, 5) is 16.6. The van der Waals surface area contributed by atoms with Gasteiger partial charge in [-0.2, -0.15) is 0 Å². The third kappa shape index (κ3) is 4.50. The Morgan fingerprint density at radius 3 is 2.39 bits per heavy atom. The zero-order valence-corrected chi connectivity index (χ0v) is 20.0. The molecule has 2 amide bonds. The molecule has 33 heavy (non-hydrogen) atoms. The van der Waals surface area contributed by atoms with E-state index in [-0.39, 0.29) is 12.1 Å². The number of methoxy groups -OCH3 is 2. The third-order valence-electron chi connectivity index (χ3n) is 6.60. The van der Waals surface area contributed by atoms with Crippen LogP contribution in [0.25, 0.3) is 5.57 Å². The summed E-state index contributed by atoms with van der Waals surface area (Å²) in [5, 5.41) is 13.1. The number of amides is 2. The lowest BCUT2D eigenvalue weighted by Crippen LogP contribution is -2.40. The lowest BCUT2D eigenvalue weighted by atomic mass is 9.92. The quantitative estimate of drug-likeness (QED) is 0.743. The smallest absolute Gasteiger partial charge is 0.321 e. The summed E-state index contributed by atoms with van der Waals surface area (Å²) in [5.74, 6) is 1.33. The molecule has 0 aliphatic carbocycles. The second-order valence-electron chi connectivity index (χ2n) is 9.14. The van der Waals surface area contributed by atoms with Crippen molar-refractivity contribution in [1.29, 1.82) is 0 Å². The first-order valence-corrected chi connectivity index (χ1v) is 11.3. The van der Waals surface area contributed by atoms with Gasteiger partial charge in [0.15, 0.2) is 11.5 Å². The SMILES string of the molecule is CNC(=O)N1C=C(c2ccc(N3CC[C@@](C)(O)C3)cc2)c2cc(OC)c(OC)cc2C[C@H]1C. The van der Waals surface area contributed by atoms with Gasteiger partial charge in [0.05, 0.1) is 19.8 Å². The number of β-amino-alcohol motifs (C(OH)–C–C–N with tert-alkyl or cyclic N) is 1. The van der Waals surface area contributed by atoms with E-state index in [0.29, 0.717) is 24.5 Å². The molecule has 4 rings (SSSR count). The van der Waals surface area contributed by atoms with Gasteiger partial charge in [-0.1, -0.05) is 12.1 Å².